The van der Waals surface area contributed by atoms with E-state index in [1.165, 1.54) is 32.7 Å². The zero-order chi connectivity index (χ0) is 22.9. The molecule has 0 aliphatic heterocycles. The van der Waals surface area contributed by atoms with Gasteiger partial charge in [0, 0.05) is 18.3 Å². The number of rotatable bonds is 4. The lowest BCUT2D eigenvalue weighted by Crippen LogP contribution is -2.15. The van der Waals surface area contributed by atoms with Gasteiger partial charge in [0.25, 0.3) is 0 Å². The van der Waals surface area contributed by atoms with Gasteiger partial charge in [-0.1, -0.05) is 78.9 Å². The van der Waals surface area contributed by atoms with E-state index in [2.05, 4.69) is 58.5 Å². The molecule has 0 amide bonds. The summed E-state index contributed by atoms with van der Waals surface area (Å²) in [5.41, 5.74) is 4.02. The maximum Gasteiger partial charge on any atom is 0.341 e. The highest BCUT2D eigenvalue weighted by Crippen LogP contribution is 2.41. The zero-order valence-corrected chi connectivity index (χ0v) is 18.8. The summed E-state index contributed by atoms with van der Waals surface area (Å²) in [5.74, 6) is 0.473. The van der Waals surface area contributed by atoms with Crippen LogP contribution in [0, 0.1) is 0 Å². The Morgan fingerprint density at radius 3 is 2.44 bits per heavy atom. The molecule has 1 atom stereocenters. The minimum absolute atomic E-state index is 0.114. The second-order valence-electron chi connectivity index (χ2n) is 8.86. The SMILES string of the molecule is O=C(OCc1ccccc1)c1cnc(C2CCCc3ccc4c(ccc5ccccc54)c32)nc1. The Morgan fingerprint density at radius 2 is 1.59 bits per heavy atom. The normalized spacial score (nSPS) is 15.2. The third kappa shape index (κ3) is 3.71. The van der Waals surface area contributed by atoms with E-state index in [-0.39, 0.29) is 12.5 Å². The number of fused-ring (bicyclic) bond motifs is 5. The molecule has 1 aromatic heterocycles. The first-order valence-electron chi connectivity index (χ1n) is 11.7. The van der Waals surface area contributed by atoms with Gasteiger partial charge >= 0.3 is 5.97 Å². The molecule has 4 heteroatoms. The molecule has 1 unspecified atom stereocenters. The summed E-state index contributed by atoms with van der Waals surface area (Å²) in [6.07, 6.45) is 6.37. The first kappa shape index (κ1) is 20.5. The molecule has 4 aromatic carbocycles. The molecule has 0 spiro atoms. The van der Waals surface area contributed by atoms with Crippen molar-refractivity contribution in [2.24, 2.45) is 0 Å². The van der Waals surface area contributed by atoms with E-state index in [1.807, 2.05) is 30.3 Å². The van der Waals surface area contributed by atoms with Gasteiger partial charge in [0.1, 0.15) is 12.4 Å². The topological polar surface area (TPSA) is 52.1 Å². The second-order valence-corrected chi connectivity index (χ2v) is 8.86. The molecule has 166 valence electrons. The monoisotopic (exact) mass is 444 g/mol. The lowest BCUT2D eigenvalue weighted by molar-refractivity contribution is 0.0471. The van der Waals surface area contributed by atoms with Crippen LogP contribution in [0.1, 0.15) is 51.6 Å². The van der Waals surface area contributed by atoms with Crippen molar-refractivity contribution in [1.82, 2.24) is 9.97 Å². The van der Waals surface area contributed by atoms with Gasteiger partial charge in [0.05, 0.1) is 5.56 Å². The highest BCUT2D eigenvalue weighted by molar-refractivity contribution is 6.09. The van der Waals surface area contributed by atoms with Crippen LogP contribution in [0.4, 0.5) is 0 Å². The third-order valence-corrected chi connectivity index (χ3v) is 6.78. The van der Waals surface area contributed by atoms with E-state index in [0.717, 1.165) is 30.7 Å². The maximum atomic E-state index is 12.5. The minimum Gasteiger partial charge on any atom is -0.457 e. The highest BCUT2D eigenvalue weighted by atomic mass is 16.5. The van der Waals surface area contributed by atoms with Crippen LogP contribution < -0.4 is 0 Å². The smallest absolute Gasteiger partial charge is 0.341 e. The summed E-state index contributed by atoms with van der Waals surface area (Å²) in [6.45, 7) is 0.234. The van der Waals surface area contributed by atoms with Crippen LogP contribution in [0.25, 0.3) is 21.5 Å². The van der Waals surface area contributed by atoms with Crippen LogP contribution in [-0.4, -0.2) is 15.9 Å². The van der Waals surface area contributed by atoms with Crippen molar-refractivity contribution in [1.29, 1.82) is 0 Å². The van der Waals surface area contributed by atoms with Gasteiger partial charge in [-0.2, -0.15) is 0 Å². The molecule has 0 radical (unpaired) electrons. The molecule has 4 nitrogen and oxygen atoms in total. The van der Waals surface area contributed by atoms with Crippen LogP contribution in [0.15, 0.2) is 91.3 Å². The predicted octanol–water partition coefficient (Wildman–Crippen LogP) is 6.61. The first-order valence-corrected chi connectivity index (χ1v) is 11.7. The molecule has 1 heterocycles. The molecule has 1 aliphatic rings. The zero-order valence-electron chi connectivity index (χ0n) is 18.8. The van der Waals surface area contributed by atoms with E-state index in [4.69, 9.17) is 4.74 Å². The first-order chi connectivity index (χ1) is 16.8. The number of esters is 1. The van der Waals surface area contributed by atoms with Crippen LogP contribution in [0.3, 0.4) is 0 Å². The van der Waals surface area contributed by atoms with Crippen LogP contribution in [0.2, 0.25) is 0 Å². The lowest BCUT2D eigenvalue weighted by atomic mass is 9.79. The Bertz CT molecular complexity index is 1490. The summed E-state index contributed by atoms with van der Waals surface area (Å²) < 4.78 is 5.44. The fraction of sp³-hybridized carbons (Fsp3) is 0.167. The van der Waals surface area contributed by atoms with Crippen LogP contribution in [0.5, 0.6) is 0 Å². The summed E-state index contributed by atoms with van der Waals surface area (Å²) in [5, 5.41) is 5.06. The van der Waals surface area contributed by atoms with Gasteiger partial charge in [-0.3, -0.25) is 0 Å². The average molecular weight is 445 g/mol. The number of nitrogens with zero attached hydrogens (tertiary/aromatic N) is 2. The van der Waals surface area contributed by atoms with E-state index >= 15 is 0 Å². The second kappa shape index (κ2) is 8.71. The molecule has 6 rings (SSSR count). The fourth-order valence-electron chi connectivity index (χ4n) is 5.12. The summed E-state index contributed by atoms with van der Waals surface area (Å²) in [4.78, 5) is 21.8. The molecule has 0 N–H and O–H groups in total. The maximum absolute atomic E-state index is 12.5. The Hall–Kier alpha value is -4.05. The summed E-state index contributed by atoms with van der Waals surface area (Å²) in [6, 6.07) is 27.1. The van der Waals surface area contributed by atoms with Gasteiger partial charge in [-0.25, -0.2) is 14.8 Å². The van der Waals surface area contributed by atoms with Crippen LogP contribution in [-0.2, 0) is 17.8 Å². The predicted molar refractivity (Wildman–Crippen MR) is 134 cm³/mol. The number of carbonyl (C=O) groups is 1. The summed E-state index contributed by atoms with van der Waals surface area (Å²) in [7, 11) is 0. The number of carbonyl (C=O) groups excluding carboxylic acids is 1. The number of aromatic nitrogens is 2. The molecular formula is C30H24N2O2. The van der Waals surface area contributed by atoms with E-state index < -0.39 is 5.97 Å². The number of benzene rings is 4. The number of aryl methyl sites for hydroxylation is 1. The molecule has 0 fully saturated rings. The van der Waals surface area contributed by atoms with Gasteiger partial charge in [0.15, 0.2) is 0 Å². The summed E-state index contributed by atoms with van der Waals surface area (Å²) >= 11 is 0. The Morgan fingerprint density at radius 1 is 0.824 bits per heavy atom. The fourth-order valence-corrected chi connectivity index (χ4v) is 5.12. The number of hydrogen-bond donors (Lipinski definition) is 0. The van der Waals surface area contributed by atoms with Crippen molar-refractivity contribution in [3.8, 4) is 0 Å². The molecule has 0 saturated heterocycles. The average Bonchev–Trinajstić information content (AvgIpc) is 2.91. The highest BCUT2D eigenvalue weighted by Gasteiger charge is 2.26. The van der Waals surface area contributed by atoms with E-state index in [1.54, 1.807) is 12.4 Å². The molecule has 0 bridgehead atoms. The number of hydrogen-bond acceptors (Lipinski definition) is 4. The Kier molecular flexibility index (Phi) is 5.27. The van der Waals surface area contributed by atoms with Crippen molar-refractivity contribution >= 4 is 27.5 Å². The molecular weight excluding hydrogens is 420 g/mol. The Balaban J connectivity index is 1.32. The molecule has 34 heavy (non-hydrogen) atoms. The lowest BCUT2D eigenvalue weighted by Gasteiger charge is -2.26. The quantitative estimate of drug-likeness (QED) is 0.231. The van der Waals surface area contributed by atoms with Crippen molar-refractivity contribution in [2.75, 3.05) is 0 Å². The largest absolute Gasteiger partial charge is 0.457 e. The standard InChI is InChI=1S/C30H24N2O2/c33-30(34-19-20-7-2-1-3-8-20)23-17-31-29(32-18-23)27-12-6-10-22-14-15-25-24-11-5-4-9-21(24)13-16-26(25)28(22)27/h1-5,7-9,11,13-18,27H,6,10,12,19H2. The van der Waals surface area contributed by atoms with Crippen molar-refractivity contribution in [3.05, 3.63) is 119 Å². The van der Waals surface area contributed by atoms with Gasteiger partial charge in [0.2, 0.25) is 0 Å². The van der Waals surface area contributed by atoms with Gasteiger partial charge in [-0.15, -0.1) is 0 Å². The molecule has 1 aliphatic carbocycles. The van der Waals surface area contributed by atoms with Crippen molar-refractivity contribution in [3.63, 3.8) is 0 Å². The van der Waals surface area contributed by atoms with Crippen molar-refractivity contribution in [2.45, 2.75) is 31.8 Å². The van der Waals surface area contributed by atoms with Crippen LogP contribution >= 0.6 is 0 Å². The van der Waals surface area contributed by atoms with E-state index in [9.17, 15) is 4.79 Å². The number of ether oxygens (including phenoxy) is 1. The van der Waals surface area contributed by atoms with Gasteiger partial charge < -0.3 is 4.74 Å². The Labute approximate surface area is 198 Å². The molecule has 5 aromatic rings. The minimum atomic E-state index is -0.406. The van der Waals surface area contributed by atoms with E-state index in [0.29, 0.717) is 5.56 Å². The van der Waals surface area contributed by atoms with Gasteiger partial charge in [-0.05, 0) is 57.5 Å². The third-order valence-electron chi connectivity index (χ3n) is 6.78. The molecule has 0 saturated carbocycles. The van der Waals surface area contributed by atoms with Crippen molar-refractivity contribution < 1.29 is 9.53 Å².